The van der Waals surface area contributed by atoms with Crippen LogP contribution in [-0.2, 0) is 4.74 Å². The molecule has 0 saturated heterocycles. The van der Waals surface area contributed by atoms with Gasteiger partial charge in [0.25, 0.3) is 0 Å². The maximum Gasteiger partial charge on any atom is 0.387 e. The molecule has 0 aliphatic rings. The first-order chi connectivity index (χ1) is 7.99. The summed E-state index contributed by atoms with van der Waals surface area (Å²) in [6.07, 6.45) is -0.732. The maximum atomic E-state index is 11.9. The lowest BCUT2D eigenvalue weighted by Gasteiger charge is -2.14. The minimum absolute atomic E-state index is 0.0334. The minimum Gasteiger partial charge on any atom is -0.435 e. The Morgan fingerprint density at radius 2 is 1.76 bits per heavy atom. The second-order valence-corrected chi connectivity index (χ2v) is 3.85. The van der Waals surface area contributed by atoms with E-state index in [1.54, 1.807) is 0 Å². The number of benzene rings is 1. The van der Waals surface area contributed by atoms with E-state index >= 15 is 0 Å². The van der Waals surface area contributed by atoms with Crippen molar-refractivity contribution in [3.63, 3.8) is 0 Å². The van der Waals surface area contributed by atoms with Gasteiger partial charge in [-0.3, -0.25) is 0 Å². The molecule has 17 heavy (non-hydrogen) atoms. The van der Waals surface area contributed by atoms with Gasteiger partial charge in [-0.1, -0.05) is 12.1 Å². The van der Waals surface area contributed by atoms with Gasteiger partial charge in [-0.15, -0.1) is 0 Å². The standard InChI is InChI=1S/C12H16F2O3/c1-8(2)16-7-11(15)9-3-5-10(6-4-9)17-12(13)14/h3-6,8,11-12,15H,7H2,1-2H3. The van der Waals surface area contributed by atoms with Crippen LogP contribution >= 0.6 is 0 Å². The van der Waals surface area contributed by atoms with Crippen molar-refractivity contribution in [1.29, 1.82) is 0 Å². The van der Waals surface area contributed by atoms with Crippen molar-refractivity contribution in [2.75, 3.05) is 6.61 Å². The number of alkyl halides is 2. The van der Waals surface area contributed by atoms with Crippen LogP contribution < -0.4 is 4.74 Å². The van der Waals surface area contributed by atoms with E-state index in [9.17, 15) is 13.9 Å². The molecule has 96 valence electrons. The summed E-state index contributed by atoms with van der Waals surface area (Å²) in [6.45, 7) is 1.07. The van der Waals surface area contributed by atoms with E-state index in [0.717, 1.165) is 0 Å². The van der Waals surface area contributed by atoms with Crippen LogP contribution in [0.1, 0.15) is 25.5 Å². The Hall–Kier alpha value is -1.20. The van der Waals surface area contributed by atoms with Crippen molar-refractivity contribution in [2.24, 2.45) is 0 Å². The smallest absolute Gasteiger partial charge is 0.387 e. The summed E-state index contributed by atoms with van der Waals surface area (Å²) in [7, 11) is 0. The molecule has 0 radical (unpaired) electrons. The summed E-state index contributed by atoms with van der Waals surface area (Å²) in [5.41, 5.74) is 0.604. The van der Waals surface area contributed by atoms with Gasteiger partial charge in [-0.05, 0) is 31.5 Å². The summed E-state index contributed by atoms with van der Waals surface area (Å²) in [6, 6.07) is 5.85. The minimum atomic E-state index is -2.84. The molecule has 0 saturated carbocycles. The van der Waals surface area contributed by atoms with E-state index in [2.05, 4.69) is 4.74 Å². The predicted octanol–water partition coefficient (Wildman–Crippen LogP) is 2.75. The third-order valence-electron chi connectivity index (χ3n) is 2.08. The van der Waals surface area contributed by atoms with Gasteiger partial charge >= 0.3 is 6.61 Å². The number of aliphatic hydroxyl groups excluding tert-OH is 1. The van der Waals surface area contributed by atoms with Crippen LogP contribution in [0.3, 0.4) is 0 Å². The third kappa shape index (κ3) is 5.10. The van der Waals surface area contributed by atoms with Crippen LogP contribution in [0.4, 0.5) is 8.78 Å². The lowest BCUT2D eigenvalue weighted by atomic mass is 10.1. The Morgan fingerprint density at radius 1 is 1.18 bits per heavy atom. The Labute approximate surface area is 99.0 Å². The van der Waals surface area contributed by atoms with E-state index in [4.69, 9.17) is 4.74 Å². The van der Waals surface area contributed by atoms with Gasteiger partial charge in [0.05, 0.1) is 12.7 Å². The highest BCUT2D eigenvalue weighted by Gasteiger charge is 2.10. The lowest BCUT2D eigenvalue weighted by molar-refractivity contribution is -0.0499. The lowest BCUT2D eigenvalue weighted by Crippen LogP contribution is -2.11. The van der Waals surface area contributed by atoms with Crippen molar-refractivity contribution < 1.29 is 23.4 Å². The zero-order valence-electron chi connectivity index (χ0n) is 9.77. The van der Waals surface area contributed by atoms with Gasteiger partial charge in [-0.2, -0.15) is 8.78 Å². The quantitative estimate of drug-likeness (QED) is 0.838. The summed E-state index contributed by atoms with van der Waals surface area (Å²) in [4.78, 5) is 0. The van der Waals surface area contributed by atoms with Crippen LogP contribution in [0.2, 0.25) is 0 Å². The zero-order valence-corrected chi connectivity index (χ0v) is 9.77. The molecule has 1 rings (SSSR count). The van der Waals surface area contributed by atoms with Gasteiger partial charge in [0.1, 0.15) is 11.9 Å². The highest BCUT2D eigenvalue weighted by Crippen LogP contribution is 2.19. The molecule has 0 amide bonds. The second-order valence-electron chi connectivity index (χ2n) is 3.85. The molecule has 0 bridgehead atoms. The predicted molar refractivity (Wildman–Crippen MR) is 59.1 cm³/mol. The molecule has 1 atom stereocenters. The molecule has 1 aromatic rings. The van der Waals surface area contributed by atoms with Crippen LogP contribution in [-0.4, -0.2) is 24.4 Å². The second kappa shape index (κ2) is 6.51. The molecule has 0 aromatic heterocycles. The molecule has 0 aliphatic carbocycles. The molecule has 0 fully saturated rings. The number of hydrogen-bond donors (Lipinski definition) is 1. The van der Waals surface area contributed by atoms with Crippen molar-refractivity contribution in [1.82, 2.24) is 0 Å². The normalized spacial score (nSPS) is 13.1. The first-order valence-corrected chi connectivity index (χ1v) is 5.33. The first kappa shape index (κ1) is 13.9. The van der Waals surface area contributed by atoms with Gasteiger partial charge < -0.3 is 14.6 Å². The van der Waals surface area contributed by atoms with E-state index < -0.39 is 12.7 Å². The fourth-order valence-electron chi connectivity index (χ4n) is 1.25. The SMILES string of the molecule is CC(C)OCC(O)c1ccc(OC(F)F)cc1. The molecular weight excluding hydrogens is 230 g/mol. The Kier molecular flexibility index (Phi) is 5.31. The largest absolute Gasteiger partial charge is 0.435 e. The van der Waals surface area contributed by atoms with E-state index in [1.165, 1.54) is 24.3 Å². The van der Waals surface area contributed by atoms with Gasteiger partial charge in [0.2, 0.25) is 0 Å². The summed E-state index contributed by atoms with van der Waals surface area (Å²) < 4.78 is 33.2. The number of halogens is 2. The van der Waals surface area contributed by atoms with Gasteiger partial charge in [0, 0.05) is 0 Å². The Balaban J connectivity index is 2.54. The summed E-state index contributed by atoms with van der Waals surface area (Å²) in [5, 5.41) is 9.73. The number of rotatable bonds is 6. The van der Waals surface area contributed by atoms with Crippen molar-refractivity contribution in [2.45, 2.75) is 32.7 Å². The van der Waals surface area contributed by atoms with Crippen LogP contribution in [0.25, 0.3) is 0 Å². The first-order valence-electron chi connectivity index (χ1n) is 5.33. The Morgan fingerprint density at radius 3 is 2.24 bits per heavy atom. The fraction of sp³-hybridized carbons (Fsp3) is 0.500. The molecule has 1 N–H and O–H groups in total. The molecular formula is C12H16F2O3. The molecule has 5 heteroatoms. The third-order valence-corrected chi connectivity index (χ3v) is 2.08. The summed E-state index contributed by atoms with van der Waals surface area (Å²) in [5.74, 6) is 0.0701. The molecule has 0 spiro atoms. The molecule has 3 nitrogen and oxygen atoms in total. The monoisotopic (exact) mass is 246 g/mol. The summed E-state index contributed by atoms with van der Waals surface area (Å²) >= 11 is 0. The molecule has 0 aliphatic heterocycles. The van der Waals surface area contributed by atoms with Crippen molar-refractivity contribution in [3.8, 4) is 5.75 Å². The topological polar surface area (TPSA) is 38.7 Å². The van der Waals surface area contributed by atoms with Crippen LogP contribution in [0.15, 0.2) is 24.3 Å². The average Bonchev–Trinajstić information content (AvgIpc) is 2.26. The van der Waals surface area contributed by atoms with E-state index in [0.29, 0.717) is 5.56 Å². The highest BCUT2D eigenvalue weighted by molar-refractivity contribution is 5.28. The van der Waals surface area contributed by atoms with E-state index in [-0.39, 0.29) is 18.5 Å². The zero-order chi connectivity index (χ0) is 12.8. The van der Waals surface area contributed by atoms with Crippen LogP contribution in [0, 0.1) is 0 Å². The average molecular weight is 246 g/mol. The highest BCUT2D eigenvalue weighted by atomic mass is 19.3. The molecule has 0 heterocycles. The van der Waals surface area contributed by atoms with Crippen LogP contribution in [0.5, 0.6) is 5.75 Å². The van der Waals surface area contributed by atoms with Gasteiger partial charge in [0.15, 0.2) is 0 Å². The number of ether oxygens (including phenoxy) is 2. The fourth-order valence-corrected chi connectivity index (χ4v) is 1.25. The number of aliphatic hydroxyl groups is 1. The van der Waals surface area contributed by atoms with Crippen molar-refractivity contribution in [3.05, 3.63) is 29.8 Å². The van der Waals surface area contributed by atoms with Gasteiger partial charge in [-0.25, -0.2) is 0 Å². The molecule has 1 aromatic carbocycles. The Bertz CT molecular complexity index is 325. The van der Waals surface area contributed by atoms with E-state index in [1.807, 2.05) is 13.8 Å². The van der Waals surface area contributed by atoms with Crippen molar-refractivity contribution >= 4 is 0 Å². The number of hydrogen-bond acceptors (Lipinski definition) is 3. The molecule has 1 unspecified atom stereocenters. The maximum absolute atomic E-state index is 11.9.